The number of hydrogen-bond donors (Lipinski definition) is 1. The lowest BCUT2D eigenvalue weighted by molar-refractivity contribution is -0.148. The SMILES string of the molecule is CC[C@H](C)[C@H](NC(=O)C(CC/C=C/c1ccc(C[C@@H](C(=O)N(C)CC(C)=O)N2CC/C=C\C[C@H](N(C)C)C2=O)cc1)N(C)C(=O)C[C@@H](C(=O)N(C)CC)N(C)C)C(C)=O. The second kappa shape index (κ2) is 24.4. The highest BCUT2D eigenvalue weighted by atomic mass is 16.2. The van der Waals surface area contributed by atoms with Crippen LogP contribution in [0.15, 0.2) is 42.5 Å². The maximum Gasteiger partial charge on any atom is 0.245 e. The van der Waals surface area contributed by atoms with Crippen LogP contribution in [0.5, 0.6) is 0 Å². The van der Waals surface area contributed by atoms with Gasteiger partial charge in [-0.1, -0.05) is 68.8 Å². The molecule has 5 amide bonds. The number of rotatable bonds is 22. The van der Waals surface area contributed by atoms with Crippen LogP contribution in [0.1, 0.15) is 84.3 Å². The number of nitrogens with zero attached hydrogens (tertiary/aromatic N) is 6. The number of likely N-dealkylation sites (N-methyl/N-ethyl adjacent to an activating group) is 5. The van der Waals surface area contributed by atoms with Crippen molar-refractivity contribution in [2.45, 2.75) is 110 Å². The van der Waals surface area contributed by atoms with Crippen molar-refractivity contribution in [3.8, 4) is 0 Å². The third-order valence-corrected chi connectivity index (χ3v) is 11.3. The minimum Gasteiger partial charge on any atom is -0.345 e. The zero-order valence-electron chi connectivity index (χ0n) is 37.7. The number of benzene rings is 1. The standard InChI is InChI=1S/C45H71N7O7/c1-13-31(3)41(33(5)54)46-42(56)36(51(12)40(55)29-38(48(8)9)43(57)49(10)14-2)21-18-17-20-34-23-25-35(26-24-34)28-39(44(58)50(11)30-32(4)53)52-27-19-15-16-22-37(45(52)59)47(6)7/h15-17,20,23-26,31,36-39,41H,13-14,18-19,21-22,27-30H2,1-12H3,(H,46,56)/b16-15-,20-17+/t31-,36?,37-,38-,39-,41-/m0/s1. The molecule has 1 heterocycles. The van der Waals surface area contributed by atoms with Crippen molar-refractivity contribution in [2.24, 2.45) is 5.92 Å². The van der Waals surface area contributed by atoms with Crippen LogP contribution < -0.4 is 5.32 Å². The molecule has 1 aliphatic heterocycles. The predicted molar refractivity (Wildman–Crippen MR) is 232 cm³/mol. The molecular formula is C45H71N7O7. The minimum atomic E-state index is -0.897. The largest absolute Gasteiger partial charge is 0.345 e. The van der Waals surface area contributed by atoms with Gasteiger partial charge in [0.15, 0.2) is 5.78 Å². The van der Waals surface area contributed by atoms with Gasteiger partial charge in [0.25, 0.3) is 0 Å². The van der Waals surface area contributed by atoms with Crippen molar-refractivity contribution in [2.75, 3.05) is 69.0 Å². The van der Waals surface area contributed by atoms with Gasteiger partial charge in [-0.25, -0.2) is 0 Å². The summed E-state index contributed by atoms with van der Waals surface area (Å²) in [5.41, 5.74) is 1.72. The molecule has 1 aromatic rings. The number of ketones is 2. The first kappa shape index (κ1) is 50.5. The van der Waals surface area contributed by atoms with E-state index in [9.17, 15) is 33.6 Å². The second-order valence-electron chi connectivity index (χ2n) is 16.4. The van der Waals surface area contributed by atoms with Gasteiger partial charge >= 0.3 is 0 Å². The molecule has 1 aromatic carbocycles. The van der Waals surface area contributed by atoms with E-state index in [1.807, 2.05) is 88.3 Å². The molecule has 0 fully saturated rings. The smallest absolute Gasteiger partial charge is 0.245 e. The first-order chi connectivity index (χ1) is 27.7. The summed E-state index contributed by atoms with van der Waals surface area (Å²) in [6.07, 6.45) is 10.6. The summed E-state index contributed by atoms with van der Waals surface area (Å²) in [6.45, 7) is 9.42. The summed E-state index contributed by atoms with van der Waals surface area (Å²) in [4.78, 5) is 102. The number of carbonyl (C=O) groups is 7. The van der Waals surface area contributed by atoms with Gasteiger partial charge < -0.3 is 24.9 Å². The van der Waals surface area contributed by atoms with Gasteiger partial charge in [-0.05, 0) is 91.7 Å². The highest BCUT2D eigenvalue weighted by Crippen LogP contribution is 2.21. The Morgan fingerprint density at radius 3 is 2.07 bits per heavy atom. The fourth-order valence-corrected chi connectivity index (χ4v) is 7.17. The van der Waals surface area contributed by atoms with E-state index in [0.717, 1.165) is 11.1 Å². The van der Waals surface area contributed by atoms with E-state index >= 15 is 0 Å². The molecule has 328 valence electrons. The molecule has 6 atom stereocenters. The van der Waals surface area contributed by atoms with Crippen molar-refractivity contribution >= 4 is 47.2 Å². The number of hydrogen-bond acceptors (Lipinski definition) is 9. The van der Waals surface area contributed by atoms with Crippen LogP contribution >= 0.6 is 0 Å². The summed E-state index contributed by atoms with van der Waals surface area (Å²) in [5, 5.41) is 2.91. The second-order valence-corrected chi connectivity index (χ2v) is 16.4. The van der Waals surface area contributed by atoms with E-state index in [1.54, 1.807) is 49.9 Å². The molecule has 1 N–H and O–H groups in total. The first-order valence-corrected chi connectivity index (χ1v) is 20.8. The van der Waals surface area contributed by atoms with Gasteiger partial charge in [-0.3, -0.25) is 43.4 Å². The van der Waals surface area contributed by atoms with Gasteiger partial charge in [0.2, 0.25) is 29.5 Å². The molecule has 0 aromatic heterocycles. The van der Waals surface area contributed by atoms with Crippen LogP contribution in [0.4, 0.5) is 0 Å². The lowest BCUT2D eigenvalue weighted by atomic mass is 9.95. The van der Waals surface area contributed by atoms with E-state index in [0.29, 0.717) is 38.8 Å². The van der Waals surface area contributed by atoms with E-state index < -0.39 is 36.1 Å². The summed E-state index contributed by atoms with van der Waals surface area (Å²) >= 11 is 0. The van der Waals surface area contributed by atoms with Crippen LogP contribution in [0.25, 0.3) is 6.08 Å². The fraction of sp³-hybridized carbons (Fsp3) is 0.622. The maximum absolute atomic E-state index is 13.9. The van der Waals surface area contributed by atoms with Crippen LogP contribution in [-0.2, 0) is 40.0 Å². The minimum absolute atomic E-state index is 0.0490. The molecule has 0 spiro atoms. The molecular weight excluding hydrogens is 751 g/mol. The number of amides is 5. The Hall–Kier alpha value is -4.69. The molecule has 14 heteroatoms. The highest BCUT2D eigenvalue weighted by Gasteiger charge is 2.37. The third-order valence-electron chi connectivity index (χ3n) is 11.3. The molecule has 2 rings (SSSR count). The maximum atomic E-state index is 13.9. The number of allylic oxidation sites excluding steroid dienone is 1. The van der Waals surface area contributed by atoms with Crippen molar-refractivity contribution in [1.82, 2.24) is 34.7 Å². The third kappa shape index (κ3) is 15.1. The molecule has 0 radical (unpaired) electrons. The summed E-state index contributed by atoms with van der Waals surface area (Å²) in [6, 6.07) is 4.16. The molecule has 59 heavy (non-hydrogen) atoms. The lowest BCUT2D eigenvalue weighted by Gasteiger charge is -2.37. The zero-order chi connectivity index (χ0) is 44.6. The molecule has 0 aliphatic carbocycles. The van der Waals surface area contributed by atoms with Crippen LogP contribution in [0, 0.1) is 5.92 Å². The normalized spacial score (nSPS) is 17.7. The topological polar surface area (TPSA) is 151 Å². The van der Waals surface area contributed by atoms with Crippen LogP contribution in [-0.4, -0.2) is 170 Å². The highest BCUT2D eigenvalue weighted by molar-refractivity contribution is 5.94. The zero-order valence-corrected chi connectivity index (χ0v) is 37.7. The number of carbonyl (C=O) groups excluding carboxylic acids is 7. The summed E-state index contributed by atoms with van der Waals surface area (Å²) < 4.78 is 0. The van der Waals surface area contributed by atoms with Gasteiger partial charge in [0.1, 0.15) is 17.9 Å². The lowest BCUT2D eigenvalue weighted by Crippen LogP contribution is -2.56. The average Bonchev–Trinajstić information content (AvgIpc) is 3.18. The Morgan fingerprint density at radius 1 is 0.881 bits per heavy atom. The molecule has 1 unspecified atom stereocenters. The van der Waals surface area contributed by atoms with Crippen molar-refractivity contribution in [3.05, 3.63) is 53.6 Å². The quantitative estimate of drug-likeness (QED) is 0.174. The van der Waals surface area contributed by atoms with Crippen molar-refractivity contribution < 1.29 is 33.6 Å². The van der Waals surface area contributed by atoms with Crippen LogP contribution in [0.2, 0.25) is 0 Å². The molecule has 1 aliphatic rings. The van der Waals surface area contributed by atoms with Gasteiger partial charge in [-0.15, -0.1) is 0 Å². The van der Waals surface area contributed by atoms with Crippen molar-refractivity contribution in [1.29, 1.82) is 0 Å². The van der Waals surface area contributed by atoms with E-state index in [4.69, 9.17) is 0 Å². The molecule has 0 saturated carbocycles. The first-order valence-electron chi connectivity index (χ1n) is 20.8. The molecule has 0 saturated heterocycles. The van der Waals surface area contributed by atoms with E-state index in [2.05, 4.69) is 5.32 Å². The molecule has 14 nitrogen and oxygen atoms in total. The van der Waals surface area contributed by atoms with Crippen LogP contribution in [0.3, 0.4) is 0 Å². The Bertz CT molecular complexity index is 1660. The van der Waals surface area contributed by atoms with Gasteiger partial charge in [0.05, 0.1) is 31.1 Å². The van der Waals surface area contributed by atoms with Gasteiger partial charge in [-0.2, -0.15) is 0 Å². The Labute approximate surface area is 353 Å². The van der Waals surface area contributed by atoms with Crippen molar-refractivity contribution in [3.63, 3.8) is 0 Å². The van der Waals surface area contributed by atoms with Gasteiger partial charge in [0, 0.05) is 40.7 Å². The Kier molecular flexibility index (Phi) is 20.9. The average molecular weight is 822 g/mol. The fourth-order valence-electron chi connectivity index (χ4n) is 7.17. The Morgan fingerprint density at radius 2 is 1.53 bits per heavy atom. The monoisotopic (exact) mass is 822 g/mol. The van der Waals surface area contributed by atoms with E-state index in [-0.39, 0.29) is 66.9 Å². The summed E-state index contributed by atoms with van der Waals surface area (Å²) in [5.74, 6) is -1.81. The van der Waals surface area contributed by atoms with E-state index in [1.165, 1.54) is 23.6 Å². The predicted octanol–water partition coefficient (Wildman–Crippen LogP) is 3.29. The number of nitrogens with one attached hydrogen (secondary N) is 1. The molecule has 0 bridgehead atoms. The summed E-state index contributed by atoms with van der Waals surface area (Å²) in [7, 11) is 12.0. The number of Topliss-reactive ketones (excluding diaryl/α,β-unsaturated/α-hetero) is 2. The Balaban J connectivity index is 2.34.